The Bertz CT molecular complexity index is 1240. The molecule has 35 heavy (non-hydrogen) atoms. The molecule has 2 fully saturated rings. The Labute approximate surface area is 201 Å². The van der Waals surface area contributed by atoms with Gasteiger partial charge in [-0.05, 0) is 80.0 Å². The van der Waals surface area contributed by atoms with Crippen LogP contribution in [0.5, 0.6) is 5.75 Å². The Morgan fingerprint density at radius 2 is 1.91 bits per heavy atom. The molecule has 5 nitrogen and oxygen atoms in total. The number of halogens is 3. The van der Waals surface area contributed by atoms with Crippen molar-refractivity contribution in [3.8, 4) is 5.75 Å². The second-order valence-electron chi connectivity index (χ2n) is 10.2. The van der Waals surface area contributed by atoms with Gasteiger partial charge in [0.15, 0.2) is 0 Å². The molecular weight excluding hydrogens is 457 g/mol. The molecule has 1 aliphatic carbocycles. The number of nitrogens with zero attached hydrogens (tertiary/aromatic N) is 1. The number of benzene rings is 2. The first-order valence-electron chi connectivity index (χ1n) is 11.9. The van der Waals surface area contributed by atoms with Crippen LogP contribution in [0.2, 0.25) is 0 Å². The number of carboxylic acid groups (broad SMARTS) is 1. The van der Waals surface area contributed by atoms with Gasteiger partial charge in [-0.15, -0.1) is 0 Å². The molecule has 1 atom stereocenters. The van der Waals surface area contributed by atoms with Gasteiger partial charge >= 0.3 is 12.1 Å². The summed E-state index contributed by atoms with van der Waals surface area (Å²) in [5, 5.41) is 10.4. The van der Waals surface area contributed by atoms with Crippen LogP contribution in [-0.2, 0) is 6.54 Å². The first kappa shape index (κ1) is 23.7. The first-order valence-corrected chi connectivity index (χ1v) is 11.9. The van der Waals surface area contributed by atoms with E-state index >= 15 is 0 Å². The summed E-state index contributed by atoms with van der Waals surface area (Å²) < 4.78 is 45.6. The van der Waals surface area contributed by atoms with E-state index in [9.17, 15) is 23.1 Å². The van der Waals surface area contributed by atoms with Crippen LogP contribution < -0.4 is 4.74 Å². The third kappa shape index (κ3) is 4.29. The lowest BCUT2D eigenvalue weighted by Gasteiger charge is -2.55. The van der Waals surface area contributed by atoms with Crippen LogP contribution in [0.1, 0.15) is 58.8 Å². The van der Waals surface area contributed by atoms with Gasteiger partial charge in [-0.1, -0.05) is 12.1 Å². The fourth-order valence-electron chi connectivity index (χ4n) is 6.12. The number of rotatable bonds is 5. The maximum Gasteiger partial charge on any atom is 0.391 e. The molecule has 1 aromatic heterocycles. The zero-order chi connectivity index (χ0) is 25.0. The highest BCUT2D eigenvalue weighted by Gasteiger charge is 2.57. The van der Waals surface area contributed by atoms with Crippen molar-refractivity contribution < 1.29 is 27.8 Å². The molecule has 8 heteroatoms. The molecular formula is C27H29F3N2O3. The van der Waals surface area contributed by atoms with E-state index in [4.69, 9.17) is 4.74 Å². The van der Waals surface area contributed by atoms with E-state index in [0.717, 1.165) is 33.3 Å². The summed E-state index contributed by atoms with van der Waals surface area (Å²) in [5.41, 5.74) is 3.97. The second-order valence-corrected chi connectivity index (χ2v) is 10.2. The number of hydrogen-bond acceptors (Lipinski definition) is 3. The van der Waals surface area contributed by atoms with Gasteiger partial charge in [0.25, 0.3) is 0 Å². The minimum absolute atomic E-state index is 0.110. The number of methoxy groups -OCH3 is 1. The van der Waals surface area contributed by atoms with E-state index in [-0.39, 0.29) is 29.9 Å². The lowest BCUT2D eigenvalue weighted by Crippen LogP contribution is -2.51. The van der Waals surface area contributed by atoms with Crippen LogP contribution in [0.15, 0.2) is 42.6 Å². The largest absolute Gasteiger partial charge is 0.496 e. The van der Waals surface area contributed by atoms with Crippen LogP contribution in [0.3, 0.4) is 0 Å². The average Bonchev–Trinajstić information content (AvgIpc) is 3.29. The Morgan fingerprint density at radius 3 is 2.54 bits per heavy atom. The number of carboxylic acids is 1. The Kier molecular flexibility index (Phi) is 5.82. The minimum Gasteiger partial charge on any atom is -0.496 e. The second kappa shape index (κ2) is 8.59. The van der Waals surface area contributed by atoms with E-state index < -0.39 is 18.1 Å². The molecule has 3 aromatic rings. The highest BCUT2D eigenvalue weighted by atomic mass is 19.4. The summed E-state index contributed by atoms with van der Waals surface area (Å²) in [6.45, 7) is 3.27. The van der Waals surface area contributed by atoms with Gasteiger partial charge in [0, 0.05) is 35.2 Å². The Balaban J connectivity index is 1.48. The van der Waals surface area contributed by atoms with Crippen molar-refractivity contribution >= 4 is 16.9 Å². The van der Waals surface area contributed by atoms with Crippen molar-refractivity contribution in [1.29, 1.82) is 0 Å². The fourth-order valence-corrected chi connectivity index (χ4v) is 6.12. The normalized spacial score (nSPS) is 25.1. The average molecular weight is 487 g/mol. The number of carbonyl (C=O) groups is 1. The first-order chi connectivity index (χ1) is 16.6. The smallest absolute Gasteiger partial charge is 0.391 e. The van der Waals surface area contributed by atoms with E-state index in [1.807, 2.05) is 25.3 Å². The van der Waals surface area contributed by atoms with Crippen LogP contribution in [0, 0.1) is 18.3 Å². The molecule has 0 radical (unpaired) electrons. The molecule has 2 aromatic carbocycles. The highest BCUT2D eigenvalue weighted by Crippen LogP contribution is 2.60. The summed E-state index contributed by atoms with van der Waals surface area (Å²) in [6, 6.07) is 10.7. The van der Waals surface area contributed by atoms with E-state index in [1.54, 1.807) is 31.4 Å². The van der Waals surface area contributed by atoms with Gasteiger partial charge in [-0.2, -0.15) is 13.2 Å². The predicted molar refractivity (Wildman–Crippen MR) is 127 cm³/mol. The van der Waals surface area contributed by atoms with Crippen molar-refractivity contribution in [2.24, 2.45) is 11.3 Å². The summed E-state index contributed by atoms with van der Waals surface area (Å²) in [7, 11) is 1.65. The summed E-state index contributed by atoms with van der Waals surface area (Å²) in [4.78, 5) is 16.9. The lowest BCUT2D eigenvalue weighted by molar-refractivity contribution is -0.230. The van der Waals surface area contributed by atoms with Gasteiger partial charge < -0.3 is 14.8 Å². The van der Waals surface area contributed by atoms with Crippen molar-refractivity contribution in [2.75, 3.05) is 13.7 Å². The topological polar surface area (TPSA) is 65.6 Å². The summed E-state index contributed by atoms with van der Waals surface area (Å²) >= 11 is 0. The zero-order valence-corrected chi connectivity index (χ0v) is 19.8. The van der Waals surface area contributed by atoms with Crippen LogP contribution in [0.25, 0.3) is 10.9 Å². The molecule has 2 N–H and O–H groups in total. The quantitative estimate of drug-likeness (QED) is 0.433. The van der Waals surface area contributed by atoms with E-state index in [2.05, 4.69) is 9.88 Å². The third-order valence-corrected chi connectivity index (χ3v) is 8.05. The SMILES string of the molecule is COc1cc(C)c2[nH]ccc2c1CN1CCC2(CC(C(F)(F)F)C2)C[C@H]1c1ccc(C(=O)O)cc1. The number of alkyl halides is 3. The maximum atomic E-state index is 13.3. The number of aromatic carboxylic acids is 1. The van der Waals surface area contributed by atoms with Crippen LogP contribution >= 0.6 is 0 Å². The Morgan fingerprint density at radius 1 is 1.20 bits per heavy atom. The maximum absolute atomic E-state index is 13.3. The van der Waals surface area contributed by atoms with E-state index in [0.29, 0.717) is 25.9 Å². The summed E-state index contributed by atoms with van der Waals surface area (Å²) in [6.07, 6.45) is -0.562. The molecule has 1 aliphatic heterocycles. The molecule has 1 spiro atoms. The monoisotopic (exact) mass is 486 g/mol. The van der Waals surface area contributed by atoms with Crippen molar-refractivity contribution in [1.82, 2.24) is 9.88 Å². The lowest BCUT2D eigenvalue weighted by atomic mass is 9.55. The molecule has 2 aliphatic rings. The number of likely N-dealkylation sites (tertiary alicyclic amines) is 1. The van der Waals surface area contributed by atoms with Gasteiger partial charge in [0.1, 0.15) is 5.75 Å². The van der Waals surface area contributed by atoms with Crippen molar-refractivity contribution in [3.05, 3.63) is 64.8 Å². The number of piperidine rings is 1. The van der Waals surface area contributed by atoms with Crippen molar-refractivity contribution in [2.45, 2.75) is 51.4 Å². The molecule has 0 bridgehead atoms. The van der Waals surface area contributed by atoms with Gasteiger partial charge in [0.2, 0.25) is 0 Å². The number of ether oxygens (including phenoxy) is 1. The third-order valence-electron chi connectivity index (χ3n) is 8.05. The number of nitrogens with one attached hydrogen (secondary N) is 1. The number of H-pyrrole nitrogens is 1. The number of aromatic nitrogens is 1. The standard InChI is InChI=1S/C27H29F3N2O3/c1-16-11-23(35-2)21(20-7-9-31-24(16)20)15-32-10-8-26(12-19(13-26)27(28,29)30)14-22(32)17-3-5-18(6-4-17)25(33)34/h3-7,9,11,19,22,31H,8,10,12-15H2,1-2H3,(H,33,34)/t19?,22-,26?/m0/s1. The summed E-state index contributed by atoms with van der Waals surface area (Å²) in [5.74, 6) is -1.43. The van der Waals surface area contributed by atoms with Crippen molar-refractivity contribution in [3.63, 3.8) is 0 Å². The molecule has 5 rings (SSSR count). The zero-order valence-electron chi connectivity index (χ0n) is 19.8. The molecule has 2 heterocycles. The van der Waals surface area contributed by atoms with Gasteiger partial charge in [0.05, 0.1) is 18.6 Å². The number of hydrogen-bond donors (Lipinski definition) is 2. The number of aromatic amines is 1. The van der Waals surface area contributed by atoms with Crippen LogP contribution in [-0.4, -0.2) is 40.8 Å². The molecule has 0 amide bonds. The molecule has 1 saturated carbocycles. The molecule has 0 unspecified atom stereocenters. The van der Waals surface area contributed by atoms with E-state index in [1.165, 1.54) is 0 Å². The van der Waals surface area contributed by atoms with Crippen LogP contribution in [0.4, 0.5) is 13.2 Å². The number of fused-ring (bicyclic) bond motifs is 1. The minimum atomic E-state index is -4.14. The fraction of sp³-hybridized carbons (Fsp3) is 0.444. The predicted octanol–water partition coefficient (Wildman–Crippen LogP) is 6.48. The Hall–Kier alpha value is -3.00. The highest BCUT2D eigenvalue weighted by molar-refractivity contribution is 5.88. The molecule has 1 saturated heterocycles. The van der Waals surface area contributed by atoms with Gasteiger partial charge in [-0.25, -0.2) is 4.79 Å². The molecule has 186 valence electrons. The number of aryl methyl sites for hydroxylation is 1. The van der Waals surface area contributed by atoms with Gasteiger partial charge in [-0.3, -0.25) is 4.90 Å².